The summed E-state index contributed by atoms with van der Waals surface area (Å²) in [6, 6.07) is 20.0. The summed E-state index contributed by atoms with van der Waals surface area (Å²) in [5.41, 5.74) is 1.98. The van der Waals surface area contributed by atoms with Crippen molar-refractivity contribution < 1.29 is 14.3 Å². The van der Waals surface area contributed by atoms with Crippen LogP contribution in [0.2, 0.25) is 0 Å². The van der Waals surface area contributed by atoms with Crippen molar-refractivity contribution in [2.75, 3.05) is 30.4 Å². The van der Waals surface area contributed by atoms with E-state index in [0.29, 0.717) is 6.54 Å². The zero-order valence-electron chi connectivity index (χ0n) is 17.9. The first-order valence-electron chi connectivity index (χ1n) is 9.93. The fourth-order valence-electron chi connectivity index (χ4n) is 3.41. The molecule has 3 aromatic carbocycles. The SMILES string of the molecule is C#CCN(c1ccc(NSc2cccc(OC)c2)c2ccccc12)[C@@H](C)CC(=O)OC. The monoisotopic (exact) mass is 434 g/mol. The summed E-state index contributed by atoms with van der Waals surface area (Å²) in [6.45, 7) is 2.38. The van der Waals surface area contributed by atoms with E-state index in [1.54, 1.807) is 7.11 Å². The second-order valence-corrected chi connectivity index (χ2v) is 7.90. The lowest BCUT2D eigenvalue weighted by atomic mass is 10.0. The minimum absolute atomic E-state index is 0.100. The maximum atomic E-state index is 11.8. The molecule has 5 nitrogen and oxygen atoms in total. The van der Waals surface area contributed by atoms with Crippen LogP contribution in [-0.4, -0.2) is 32.8 Å². The van der Waals surface area contributed by atoms with Gasteiger partial charge in [0.25, 0.3) is 0 Å². The molecule has 0 aromatic heterocycles. The Hall–Kier alpha value is -3.30. The molecule has 0 heterocycles. The van der Waals surface area contributed by atoms with Crippen LogP contribution in [0, 0.1) is 12.3 Å². The topological polar surface area (TPSA) is 50.8 Å². The first kappa shape index (κ1) is 22.4. The molecule has 0 spiro atoms. The Bertz CT molecular complexity index is 1090. The van der Waals surface area contributed by atoms with Crippen LogP contribution in [0.5, 0.6) is 5.75 Å². The van der Waals surface area contributed by atoms with Gasteiger partial charge in [0.05, 0.1) is 32.9 Å². The lowest BCUT2D eigenvalue weighted by Gasteiger charge is -2.30. The first-order chi connectivity index (χ1) is 15.1. The predicted octanol–water partition coefficient (Wildman–Crippen LogP) is 5.36. The van der Waals surface area contributed by atoms with Gasteiger partial charge in [-0.3, -0.25) is 4.79 Å². The zero-order chi connectivity index (χ0) is 22.2. The third-order valence-corrected chi connectivity index (χ3v) is 5.83. The fourth-order valence-corrected chi connectivity index (χ4v) is 4.14. The van der Waals surface area contributed by atoms with Gasteiger partial charge in [0, 0.05) is 27.4 Å². The molecule has 1 atom stereocenters. The Balaban J connectivity index is 1.92. The highest BCUT2D eigenvalue weighted by atomic mass is 32.2. The molecular weight excluding hydrogens is 408 g/mol. The number of hydrogen-bond acceptors (Lipinski definition) is 6. The van der Waals surface area contributed by atoms with Gasteiger partial charge in [0.2, 0.25) is 0 Å². The van der Waals surface area contributed by atoms with Gasteiger partial charge in [0.1, 0.15) is 5.75 Å². The molecule has 0 bridgehead atoms. The molecular formula is C25H26N2O3S. The largest absolute Gasteiger partial charge is 0.497 e. The van der Waals surface area contributed by atoms with Crippen LogP contribution < -0.4 is 14.4 Å². The highest BCUT2D eigenvalue weighted by molar-refractivity contribution is 8.00. The van der Waals surface area contributed by atoms with E-state index in [0.717, 1.165) is 32.8 Å². The maximum absolute atomic E-state index is 11.8. The van der Waals surface area contributed by atoms with Crippen molar-refractivity contribution in [3.05, 3.63) is 60.7 Å². The van der Waals surface area contributed by atoms with Crippen molar-refractivity contribution in [2.45, 2.75) is 24.3 Å². The first-order valence-corrected chi connectivity index (χ1v) is 10.7. The van der Waals surface area contributed by atoms with Crippen LogP contribution in [0.15, 0.2) is 65.6 Å². The summed E-state index contributed by atoms with van der Waals surface area (Å²) in [6.07, 6.45) is 5.91. The minimum Gasteiger partial charge on any atom is -0.497 e. The number of ether oxygens (including phenoxy) is 2. The van der Waals surface area contributed by atoms with Crippen molar-refractivity contribution in [1.82, 2.24) is 0 Å². The smallest absolute Gasteiger partial charge is 0.307 e. The number of anilines is 2. The van der Waals surface area contributed by atoms with Gasteiger partial charge >= 0.3 is 5.97 Å². The van der Waals surface area contributed by atoms with Crippen LogP contribution in [-0.2, 0) is 9.53 Å². The molecule has 0 saturated carbocycles. The van der Waals surface area contributed by atoms with E-state index in [1.165, 1.54) is 19.1 Å². The Kier molecular flexibility index (Phi) is 7.69. The summed E-state index contributed by atoms with van der Waals surface area (Å²) >= 11 is 1.52. The number of nitrogens with zero attached hydrogens (tertiary/aromatic N) is 1. The van der Waals surface area contributed by atoms with Gasteiger partial charge in [-0.15, -0.1) is 6.42 Å². The van der Waals surface area contributed by atoms with Crippen molar-refractivity contribution in [3.8, 4) is 18.1 Å². The molecule has 0 fully saturated rings. The molecule has 31 heavy (non-hydrogen) atoms. The Labute approximate surface area is 187 Å². The van der Waals surface area contributed by atoms with Gasteiger partial charge in [-0.2, -0.15) is 0 Å². The third kappa shape index (κ3) is 5.44. The number of benzene rings is 3. The molecule has 3 aromatic rings. The molecule has 0 aliphatic rings. The van der Waals surface area contributed by atoms with E-state index in [-0.39, 0.29) is 18.4 Å². The molecule has 0 unspecified atom stereocenters. The van der Waals surface area contributed by atoms with Crippen LogP contribution in [0.4, 0.5) is 11.4 Å². The molecule has 0 saturated heterocycles. The van der Waals surface area contributed by atoms with Gasteiger partial charge in [-0.25, -0.2) is 0 Å². The van der Waals surface area contributed by atoms with Gasteiger partial charge in [-0.05, 0) is 49.2 Å². The average Bonchev–Trinajstić information content (AvgIpc) is 2.81. The van der Waals surface area contributed by atoms with Crippen LogP contribution in [0.3, 0.4) is 0 Å². The number of esters is 1. The molecule has 0 amide bonds. The van der Waals surface area contributed by atoms with E-state index >= 15 is 0 Å². The molecule has 0 radical (unpaired) electrons. The average molecular weight is 435 g/mol. The highest BCUT2D eigenvalue weighted by Crippen LogP contribution is 2.36. The molecule has 6 heteroatoms. The van der Waals surface area contributed by atoms with Gasteiger partial charge in [-0.1, -0.05) is 36.3 Å². The number of rotatable bonds is 9. The van der Waals surface area contributed by atoms with Gasteiger partial charge < -0.3 is 19.1 Å². The van der Waals surface area contributed by atoms with Crippen LogP contribution in [0.1, 0.15) is 13.3 Å². The Morgan fingerprint density at radius 3 is 2.61 bits per heavy atom. The summed E-state index contributed by atoms with van der Waals surface area (Å²) in [4.78, 5) is 14.9. The standard InChI is InChI=1S/C25H26N2O3S/c1-5-15-27(18(2)16-25(28)30-4)24-14-13-23(21-11-6-7-12-22(21)24)26-31-20-10-8-9-19(17-20)29-3/h1,6-14,17-18,26H,15-16H2,2-4H3/t18-/m0/s1. The summed E-state index contributed by atoms with van der Waals surface area (Å²) in [5, 5.41) is 2.13. The maximum Gasteiger partial charge on any atom is 0.307 e. The number of nitrogens with one attached hydrogen (secondary N) is 1. The van der Waals surface area contributed by atoms with E-state index in [9.17, 15) is 4.79 Å². The second kappa shape index (κ2) is 10.6. The van der Waals surface area contributed by atoms with Gasteiger partial charge in [0.15, 0.2) is 0 Å². The summed E-state index contributed by atoms with van der Waals surface area (Å²) < 4.78 is 13.6. The number of carbonyl (C=O) groups is 1. The third-order valence-electron chi connectivity index (χ3n) is 5.01. The molecule has 0 aliphatic heterocycles. The number of methoxy groups -OCH3 is 2. The zero-order valence-corrected chi connectivity index (χ0v) is 18.7. The summed E-state index contributed by atoms with van der Waals surface area (Å²) in [7, 11) is 3.06. The minimum atomic E-state index is -0.258. The lowest BCUT2D eigenvalue weighted by Crippen LogP contribution is -2.35. The second-order valence-electron chi connectivity index (χ2n) is 7.02. The van der Waals surface area contributed by atoms with Crippen molar-refractivity contribution in [2.24, 2.45) is 0 Å². The van der Waals surface area contributed by atoms with Crippen molar-refractivity contribution in [3.63, 3.8) is 0 Å². The normalized spacial score (nSPS) is 11.4. The van der Waals surface area contributed by atoms with Crippen LogP contribution >= 0.6 is 11.9 Å². The van der Waals surface area contributed by atoms with E-state index in [2.05, 4.69) is 27.7 Å². The Morgan fingerprint density at radius 2 is 1.90 bits per heavy atom. The van der Waals surface area contributed by atoms with E-state index in [1.807, 2.05) is 55.5 Å². The van der Waals surface area contributed by atoms with Crippen molar-refractivity contribution in [1.29, 1.82) is 0 Å². The quantitative estimate of drug-likeness (QED) is 0.278. The molecule has 1 N–H and O–H groups in total. The highest BCUT2D eigenvalue weighted by Gasteiger charge is 2.20. The number of terminal acetylenes is 1. The van der Waals surface area contributed by atoms with Crippen molar-refractivity contribution >= 4 is 40.1 Å². The Morgan fingerprint density at radius 1 is 1.13 bits per heavy atom. The number of hydrogen-bond donors (Lipinski definition) is 1. The molecule has 160 valence electrons. The summed E-state index contributed by atoms with van der Waals surface area (Å²) in [5.74, 6) is 3.28. The number of carbonyl (C=O) groups excluding carboxylic acids is 1. The molecule has 0 aliphatic carbocycles. The van der Waals surface area contributed by atoms with Crippen LogP contribution in [0.25, 0.3) is 10.8 Å². The van der Waals surface area contributed by atoms with E-state index in [4.69, 9.17) is 15.9 Å². The van der Waals surface area contributed by atoms with E-state index < -0.39 is 0 Å². The number of fused-ring (bicyclic) bond motifs is 1. The molecule has 3 rings (SSSR count). The fraction of sp³-hybridized carbons (Fsp3) is 0.240. The lowest BCUT2D eigenvalue weighted by molar-refractivity contribution is -0.140. The predicted molar refractivity (Wildman–Crippen MR) is 129 cm³/mol.